The molecule has 0 aliphatic heterocycles. The van der Waals surface area contributed by atoms with Crippen molar-refractivity contribution in [2.75, 3.05) is 7.11 Å². The first-order valence-corrected chi connectivity index (χ1v) is 9.19. The number of nitrogens with one attached hydrogen (secondary N) is 1. The van der Waals surface area contributed by atoms with Gasteiger partial charge in [-0.15, -0.1) is 0 Å². The quantitative estimate of drug-likeness (QED) is 0.552. The molecule has 2 heterocycles. The molecule has 0 saturated carbocycles. The van der Waals surface area contributed by atoms with Gasteiger partial charge in [0.25, 0.3) is 5.91 Å². The van der Waals surface area contributed by atoms with Crippen LogP contribution >= 0.6 is 0 Å². The van der Waals surface area contributed by atoms with Gasteiger partial charge >= 0.3 is 0 Å². The number of aromatic nitrogens is 4. The number of hydrogen-bond donors (Lipinski definition) is 1. The summed E-state index contributed by atoms with van der Waals surface area (Å²) in [6.45, 7) is 0. The fraction of sp³-hybridized carbons (Fsp3) is 0.136. The zero-order valence-corrected chi connectivity index (χ0v) is 16.2. The third-order valence-electron chi connectivity index (χ3n) is 4.68. The molecular formula is C22H21N5O2. The number of para-hydroxylation sites is 1. The summed E-state index contributed by atoms with van der Waals surface area (Å²) in [5.74, 6) is 1.20. The van der Waals surface area contributed by atoms with E-state index >= 15 is 0 Å². The van der Waals surface area contributed by atoms with Crippen LogP contribution in [0.3, 0.4) is 0 Å². The van der Waals surface area contributed by atoms with Gasteiger partial charge in [0.1, 0.15) is 17.6 Å². The number of amides is 1. The van der Waals surface area contributed by atoms with Gasteiger partial charge in [0.05, 0.1) is 12.8 Å². The van der Waals surface area contributed by atoms with Crippen LogP contribution in [-0.2, 0) is 7.05 Å². The summed E-state index contributed by atoms with van der Waals surface area (Å²) in [5, 5.41) is 7.47. The fourth-order valence-electron chi connectivity index (χ4n) is 3.12. The lowest BCUT2D eigenvalue weighted by molar-refractivity contribution is 0.0935. The van der Waals surface area contributed by atoms with Gasteiger partial charge in [-0.05, 0) is 35.9 Å². The Bertz CT molecular complexity index is 1100. The molecule has 4 aromatic rings. The van der Waals surface area contributed by atoms with Gasteiger partial charge in [0.2, 0.25) is 0 Å². The number of imidazole rings is 1. The Labute approximate surface area is 168 Å². The molecule has 0 aliphatic rings. The molecule has 4 rings (SSSR count). The first-order chi connectivity index (χ1) is 14.2. The van der Waals surface area contributed by atoms with Crippen molar-refractivity contribution < 1.29 is 9.53 Å². The Morgan fingerprint density at radius 2 is 1.79 bits per heavy atom. The van der Waals surface area contributed by atoms with E-state index in [0.29, 0.717) is 5.69 Å². The molecule has 0 saturated heterocycles. The van der Waals surface area contributed by atoms with E-state index in [4.69, 9.17) is 4.74 Å². The van der Waals surface area contributed by atoms with Gasteiger partial charge < -0.3 is 14.6 Å². The molecule has 29 heavy (non-hydrogen) atoms. The number of carbonyl (C=O) groups is 1. The van der Waals surface area contributed by atoms with Crippen molar-refractivity contribution >= 4 is 5.91 Å². The van der Waals surface area contributed by atoms with Gasteiger partial charge in [-0.1, -0.05) is 30.3 Å². The fourth-order valence-corrected chi connectivity index (χ4v) is 3.12. The predicted octanol–water partition coefficient (Wildman–Crippen LogP) is 3.13. The lowest BCUT2D eigenvalue weighted by Gasteiger charge is -2.19. The zero-order chi connectivity index (χ0) is 20.2. The first kappa shape index (κ1) is 18.5. The summed E-state index contributed by atoms with van der Waals surface area (Å²) in [6.07, 6.45) is 5.33. The molecule has 0 radical (unpaired) electrons. The number of benzene rings is 2. The SMILES string of the molecule is COc1ccc(C(NC(=O)c2ccn(-c3ccccc3)n2)c2nccn2C)cc1. The van der Waals surface area contributed by atoms with Crippen LogP contribution in [0, 0.1) is 0 Å². The van der Waals surface area contributed by atoms with E-state index in [2.05, 4.69) is 15.4 Å². The molecule has 7 heteroatoms. The molecule has 2 aromatic heterocycles. The van der Waals surface area contributed by atoms with Crippen LogP contribution < -0.4 is 10.1 Å². The minimum atomic E-state index is -0.421. The maximum Gasteiger partial charge on any atom is 0.272 e. The minimum Gasteiger partial charge on any atom is -0.497 e. The van der Waals surface area contributed by atoms with E-state index in [1.54, 1.807) is 30.3 Å². The third-order valence-corrected chi connectivity index (χ3v) is 4.68. The predicted molar refractivity (Wildman–Crippen MR) is 109 cm³/mol. The number of methoxy groups -OCH3 is 1. The molecule has 146 valence electrons. The van der Waals surface area contributed by atoms with Crippen LogP contribution in [0.1, 0.15) is 27.9 Å². The standard InChI is InChI=1S/C22H21N5O2/c1-26-15-13-23-21(26)20(16-8-10-18(29-2)11-9-16)24-22(28)19-12-14-27(25-19)17-6-4-3-5-7-17/h3-15,20H,1-2H3,(H,24,28). The normalized spacial score (nSPS) is 11.8. The average molecular weight is 387 g/mol. The van der Waals surface area contributed by atoms with Crippen molar-refractivity contribution in [1.82, 2.24) is 24.6 Å². The Morgan fingerprint density at radius 1 is 1.03 bits per heavy atom. The number of rotatable bonds is 6. The molecule has 1 amide bonds. The van der Waals surface area contributed by atoms with E-state index in [9.17, 15) is 4.79 Å². The second-order valence-electron chi connectivity index (χ2n) is 6.56. The summed E-state index contributed by atoms with van der Waals surface area (Å²) in [4.78, 5) is 17.4. The lowest BCUT2D eigenvalue weighted by Crippen LogP contribution is -2.31. The number of aryl methyl sites for hydroxylation is 1. The average Bonchev–Trinajstić information content (AvgIpc) is 3.42. The van der Waals surface area contributed by atoms with Crippen LogP contribution in [0.15, 0.2) is 79.3 Å². The Hall–Kier alpha value is -3.87. The number of ether oxygens (including phenoxy) is 1. The van der Waals surface area contributed by atoms with Crippen molar-refractivity contribution in [2.45, 2.75) is 6.04 Å². The Balaban J connectivity index is 1.61. The second kappa shape index (κ2) is 8.02. The summed E-state index contributed by atoms with van der Waals surface area (Å²) in [6, 6.07) is 18.5. The topological polar surface area (TPSA) is 74.0 Å². The van der Waals surface area contributed by atoms with E-state index in [1.807, 2.05) is 72.4 Å². The van der Waals surface area contributed by atoms with E-state index in [0.717, 1.165) is 22.8 Å². The highest BCUT2D eigenvalue weighted by atomic mass is 16.5. The largest absolute Gasteiger partial charge is 0.497 e. The Kier molecular flexibility index (Phi) is 5.11. The van der Waals surface area contributed by atoms with Crippen LogP contribution in [0.4, 0.5) is 0 Å². The van der Waals surface area contributed by atoms with Gasteiger partial charge in [0, 0.05) is 25.6 Å². The molecule has 1 atom stereocenters. The van der Waals surface area contributed by atoms with Crippen LogP contribution in [0.25, 0.3) is 5.69 Å². The molecule has 1 unspecified atom stereocenters. The number of hydrogen-bond acceptors (Lipinski definition) is 4. The lowest BCUT2D eigenvalue weighted by atomic mass is 10.1. The first-order valence-electron chi connectivity index (χ1n) is 9.19. The zero-order valence-electron chi connectivity index (χ0n) is 16.2. The van der Waals surface area contributed by atoms with Crippen LogP contribution in [0.2, 0.25) is 0 Å². The highest BCUT2D eigenvalue weighted by Gasteiger charge is 2.22. The minimum absolute atomic E-state index is 0.275. The van der Waals surface area contributed by atoms with E-state index < -0.39 is 6.04 Å². The summed E-state index contributed by atoms with van der Waals surface area (Å²) < 4.78 is 8.80. The van der Waals surface area contributed by atoms with Gasteiger partial charge in [-0.3, -0.25) is 4.79 Å². The van der Waals surface area contributed by atoms with Gasteiger partial charge in [-0.25, -0.2) is 9.67 Å². The van der Waals surface area contributed by atoms with Crippen molar-refractivity contribution in [2.24, 2.45) is 7.05 Å². The maximum atomic E-state index is 13.0. The molecule has 7 nitrogen and oxygen atoms in total. The molecule has 0 aliphatic carbocycles. The second-order valence-corrected chi connectivity index (χ2v) is 6.56. The van der Waals surface area contributed by atoms with Gasteiger partial charge in [-0.2, -0.15) is 5.10 Å². The molecule has 2 aromatic carbocycles. The van der Waals surface area contributed by atoms with Crippen LogP contribution in [-0.4, -0.2) is 32.3 Å². The smallest absolute Gasteiger partial charge is 0.272 e. The maximum absolute atomic E-state index is 13.0. The van der Waals surface area contributed by atoms with E-state index in [1.165, 1.54) is 0 Å². The third kappa shape index (κ3) is 3.89. The van der Waals surface area contributed by atoms with Crippen molar-refractivity contribution in [3.63, 3.8) is 0 Å². The van der Waals surface area contributed by atoms with Crippen molar-refractivity contribution in [3.05, 3.63) is 96.3 Å². The number of nitrogens with zero attached hydrogens (tertiary/aromatic N) is 4. The molecule has 1 N–H and O–H groups in total. The highest BCUT2D eigenvalue weighted by molar-refractivity contribution is 5.92. The monoisotopic (exact) mass is 387 g/mol. The highest BCUT2D eigenvalue weighted by Crippen LogP contribution is 2.23. The van der Waals surface area contributed by atoms with Gasteiger partial charge in [0.15, 0.2) is 5.69 Å². The van der Waals surface area contributed by atoms with Crippen molar-refractivity contribution in [1.29, 1.82) is 0 Å². The van der Waals surface area contributed by atoms with Crippen molar-refractivity contribution in [3.8, 4) is 11.4 Å². The Morgan fingerprint density at radius 3 is 2.45 bits per heavy atom. The summed E-state index contributed by atoms with van der Waals surface area (Å²) >= 11 is 0. The number of carbonyl (C=O) groups excluding carboxylic acids is 1. The summed E-state index contributed by atoms with van der Waals surface area (Å²) in [5.41, 5.74) is 2.12. The van der Waals surface area contributed by atoms with Crippen LogP contribution in [0.5, 0.6) is 5.75 Å². The molecule has 0 bridgehead atoms. The van der Waals surface area contributed by atoms with E-state index in [-0.39, 0.29) is 5.91 Å². The molecular weight excluding hydrogens is 366 g/mol. The summed E-state index contributed by atoms with van der Waals surface area (Å²) in [7, 11) is 3.52. The molecule has 0 fully saturated rings. The molecule has 0 spiro atoms.